The van der Waals surface area contributed by atoms with E-state index in [1.165, 1.54) is 0 Å². The van der Waals surface area contributed by atoms with E-state index in [-0.39, 0.29) is 11.9 Å². The first kappa shape index (κ1) is 11.3. The molecule has 1 aromatic heterocycles. The van der Waals surface area contributed by atoms with Gasteiger partial charge in [-0.3, -0.25) is 0 Å². The zero-order valence-electron chi connectivity index (χ0n) is 8.48. The average Bonchev–Trinajstić information content (AvgIpc) is 2.28. The molecule has 1 heterocycles. The fourth-order valence-electron chi connectivity index (χ4n) is 1.39. The molecular formula is C11H8BrN2OS+. The molecule has 0 radical (unpaired) electrons. The highest BCUT2D eigenvalue weighted by Crippen LogP contribution is 2.18. The van der Waals surface area contributed by atoms with Gasteiger partial charge in [-0.25, -0.2) is 4.98 Å². The number of halogens is 1. The Labute approximate surface area is 105 Å². The first-order valence-electron chi connectivity index (χ1n) is 4.61. The number of fused-ring (bicyclic) bond motifs is 1. The zero-order valence-corrected chi connectivity index (χ0v) is 10.9. The maximum absolute atomic E-state index is 10.3. The summed E-state index contributed by atoms with van der Waals surface area (Å²) in [5.74, 6) is 0. The van der Waals surface area contributed by atoms with E-state index in [1.54, 1.807) is 6.92 Å². The van der Waals surface area contributed by atoms with Gasteiger partial charge in [-0.1, -0.05) is 28.1 Å². The van der Waals surface area contributed by atoms with Crippen molar-refractivity contribution < 1.29 is 4.21 Å². The first-order chi connectivity index (χ1) is 7.70. The van der Waals surface area contributed by atoms with Gasteiger partial charge in [0.15, 0.2) is 0 Å². The molecule has 3 nitrogen and oxygen atoms in total. The first-order valence-corrected chi connectivity index (χ1v) is 6.10. The lowest BCUT2D eigenvalue weighted by atomic mass is 10.2. The summed E-state index contributed by atoms with van der Waals surface area (Å²) in [6.07, 6.45) is 0. The highest BCUT2D eigenvalue weighted by Gasteiger charge is 2.05. The van der Waals surface area contributed by atoms with Crippen LogP contribution in [0.3, 0.4) is 0 Å². The Morgan fingerprint density at radius 2 is 2.12 bits per heavy atom. The molecule has 0 saturated heterocycles. The maximum Gasteiger partial charge on any atom is 0.652 e. The van der Waals surface area contributed by atoms with Crippen LogP contribution in [0.15, 0.2) is 39.2 Å². The fraction of sp³-hybridized carbons (Fsp3) is 0.0909. The van der Waals surface area contributed by atoms with E-state index < -0.39 is 0 Å². The van der Waals surface area contributed by atoms with Gasteiger partial charge in [0.1, 0.15) is 5.71 Å². The number of nitrogens with zero attached hydrogens (tertiary/aromatic N) is 2. The van der Waals surface area contributed by atoms with Crippen molar-refractivity contribution in [2.24, 2.45) is 4.40 Å². The topological polar surface area (TPSA) is 42.3 Å². The second-order valence-electron chi connectivity index (χ2n) is 3.28. The van der Waals surface area contributed by atoms with Gasteiger partial charge in [0.05, 0.1) is 19.8 Å². The maximum atomic E-state index is 10.3. The number of hydrogen-bond donors (Lipinski definition) is 0. The van der Waals surface area contributed by atoms with Crippen LogP contribution >= 0.6 is 15.9 Å². The van der Waals surface area contributed by atoms with E-state index in [1.807, 2.05) is 30.3 Å². The van der Waals surface area contributed by atoms with Crippen LogP contribution < -0.4 is 0 Å². The van der Waals surface area contributed by atoms with Crippen molar-refractivity contribution >= 4 is 44.4 Å². The van der Waals surface area contributed by atoms with Crippen molar-refractivity contribution in [3.05, 3.63) is 40.5 Å². The van der Waals surface area contributed by atoms with Crippen LogP contribution in [0.5, 0.6) is 0 Å². The Morgan fingerprint density at radius 1 is 1.38 bits per heavy atom. The highest BCUT2D eigenvalue weighted by atomic mass is 79.9. The Kier molecular flexibility index (Phi) is 3.36. The van der Waals surface area contributed by atoms with Crippen LogP contribution in [-0.4, -0.2) is 10.7 Å². The zero-order chi connectivity index (χ0) is 11.5. The molecule has 80 valence electrons. The number of hydrogen-bond acceptors (Lipinski definition) is 2. The molecule has 16 heavy (non-hydrogen) atoms. The minimum Gasteiger partial charge on any atom is -0.246 e. The summed E-state index contributed by atoms with van der Waals surface area (Å²) in [5.41, 5.74) is 2.26. The number of benzene rings is 1. The molecule has 0 fully saturated rings. The molecule has 5 heteroatoms. The standard InChI is InChI=1S/C11H8BrN2OS/c1-7(14-16-15)10-5-3-8-2-4-9(12)6-11(8)13-10/h2-6H,1H3/q+1. The molecule has 2 aromatic rings. The molecule has 0 spiro atoms. The van der Waals surface area contributed by atoms with Gasteiger partial charge in [-0.2, -0.15) is 0 Å². The molecule has 2 rings (SSSR count). The van der Waals surface area contributed by atoms with Gasteiger partial charge < -0.3 is 0 Å². The third kappa shape index (κ3) is 2.31. The molecular weight excluding hydrogens is 288 g/mol. The van der Waals surface area contributed by atoms with E-state index in [2.05, 4.69) is 25.3 Å². The highest BCUT2D eigenvalue weighted by molar-refractivity contribution is 9.10. The average molecular weight is 296 g/mol. The Balaban J connectivity index is 2.58. The molecule has 0 N–H and O–H groups in total. The van der Waals surface area contributed by atoms with Crippen LogP contribution in [0, 0.1) is 0 Å². The van der Waals surface area contributed by atoms with Gasteiger partial charge >= 0.3 is 11.9 Å². The lowest BCUT2D eigenvalue weighted by Crippen LogP contribution is -1.98. The van der Waals surface area contributed by atoms with Crippen molar-refractivity contribution in [3.63, 3.8) is 0 Å². The summed E-state index contributed by atoms with van der Waals surface area (Å²) in [6, 6.07) is 9.74. The summed E-state index contributed by atoms with van der Waals surface area (Å²) in [6.45, 7) is 1.77. The molecule has 0 bridgehead atoms. The predicted molar refractivity (Wildman–Crippen MR) is 69.7 cm³/mol. The van der Waals surface area contributed by atoms with Crippen LogP contribution in [-0.2, 0) is 16.1 Å². The van der Waals surface area contributed by atoms with Crippen molar-refractivity contribution in [3.8, 4) is 0 Å². The lowest BCUT2D eigenvalue weighted by Gasteiger charge is -2.00. The van der Waals surface area contributed by atoms with E-state index in [9.17, 15) is 4.21 Å². The van der Waals surface area contributed by atoms with Gasteiger partial charge in [0, 0.05) is 9.86 Å². The van der Waals surface area contributed by atoms with Gasteiger partial charge in [0.25, 0.3) is 0 Å². The van der Waals surface area contributed by atoms with Crippen molar-refractivity contribution in [2.45, 2.75) is 6.92 Å². The smallest absolute Gasteiger partial charge is 0.246 e. The van der Waals surface area contributed by atoms with Crippen LogP contribution in [0.4, 0.5) is 0 Å². The summed E-state index contributed by atoms with van der Waals surface area (Å²) in [5, 5.41) is 1.06. The second kappa shape index (κ2) is 4.76. The van der Waals surface area contributed by atoms with Crippen LogP contribution in [0.2, 0.25) is 0 Å². The minimum atomic E-state index is 0.202. The molecule has 0 aliphatic heterocycles. The van der Waals surface area contributed by atoms with Crippen molar-refractivity contribution in [2.75, 3.05) is 0 Å². The third-order valence-corrected chi connectivity index (χ3v) is 3.04. The van der Waals surface area contributed by atoms with E-state index >= 15 is 0 Å². The van der Waals surface area contributed by atoms with E-state index in [0.29, 0.717) is 5.71 Å². The molecule has 0 aliphatic rings. The van der Waals surface area contributed by atoms with Crippen LogP contribution in [0.1, 0.15) is 12.6 Å². The molecule has 0 unspecified atom stereocenters. The third-order valence-electron chi connectivity index (χ3n) is 2.20. The second-order valence-corrected chi connectivity index (χ2v) is 4.53. The minimum absolute atomic E-state index is 0.202. The number of pyridine rings is 1. The quantitative estimate of drug-likeness (QED) is 0.485. The molecule has 0 atom stereocenters. The summed E-state index contributed by atoms with van der Waals surface area (Å²) >= 11 is 3.60. The van der Waals surface area contributed by atoms with Gasteiger partial charge in [-0.15, -0.1) is 0 Å². The molecule has 0 saturated carbocycles. The Morgan fingerprint density at radius 3 is 2.88 bits per heavy atom. The monoisotopic (exact) mass is 295 g/mol. The Bertz CT molecular complexity index is 583. The van der Waals surface area contributed by atoms with Gasteiger partial charge in [-0.05, 0) is 25.1 Å². The molecule has 0 amide bonds. The van der Waals surface area contributed by atoms with Crippen molar-refractivity contribution in [1.82, 2.24) is 4.98 Å². The summed E-state index contributed by atoms with van der Waals surface area (Å²) in [7, 11) is 0. The normalized spacial score (nSPS) is 11.8. The van der Waals surface area contributed by atoms with E-state index in [0.717, 1.165) is 21.1 Å². The summed E-state index contributed by atoms with van der Waals surface area (Å²) < 4.78 is 15.0. The SMILES string of the molecule is CC(=N[S+]=O)c1ccc2ccc(Br)cc2n1. The summed E-state index contributed by atoms with van der Waals surface area (Å²) in [4.78, 5) is 4.44. The van der Waals surface area contributed by atoms with Crippen molar-refractivity contribution in [1.29, 1.82) is 0 Å². The van der Waals surface area contributed by atoms with Crippen LogP contribution in [0.25, 0.3) is 10.9 Å². The Hall–Kier alpha value is -1.20. The lowest BCUT2D eigenvalue weighted by molar-refractivity contribution is 0.605. The van der Waals surface area contributed by atoms with E-state index in [4.69, 9.17) is 0 Å². The molecule has 0 aliphatic carbocycles. The predicted octanol–water partition coefficient (Wildman–Crippen LogP) is 3.15. The van der Waals surface area contributed by atoms with Gasteiger partial charge in [0.2, 0.25) is 0 Å². The fourth-order valence-corrected chi connectivity index (χ4v) is 1.95. The molecule has 1 aromatic carbocycles. The largest absolute Gasteiger partial charge is 0.652 e. The number of aromatic nitrogens is 1. The number of rotatable bonds is 2.